The first-order valence-electron chi connectivity index (χ1n) is 9.99. The fourth-order valence-corrected chi connectivity index (χ4v) is 2.70. The van der Waals surface area contributed by atoms with Gasteiger partial charge in [-0.05, 0) is 38.8 Å². The maximum Gasteiger partial charge on any atom is 0.220 e. The number of amides is 1. The Morgan fingerprint density at radius 2 is 1.62 bits per heavy atom. The number of allylic oxidation sites excluding steroid dienone is 2. The summed E-state index contributed by atoms with van der Waals surface area (Å²) < 4.78 is 0. The van der Waals surface area contributed by atoms with Gasteiger partial charge in [-0.1, -0.05) is 58.1 Å². The number of rotatable bonds is 17. The predicted molar refractivity (Wildman–Crippen MR) is 103 cm³/mol. The van der Waals surface area contributed by atoms with Gasteiger partial charge in [0.05, 0.1) is 0 Å². The Kier molecular flexibility index (Phi) is 17.8. The highest BCUT2D eigenvalue weighted by atomic mass is 16.2. The number of nitrogens with zero attached hydrogens (tertiary/aromatic N) is 1. The van der Waals surface area contributed by atoms with E-state index in [2.05, 4.69) is 36.2 Å². The van der Waals surface area contributed by atoms with E-state index in [0.29, 0.717) is 13.0 Å². The van der Waals surface area contributed by atoms with Crippen LogP contribution in [0.5, 0.6) is 0 Å². The minimum atomic E-state index is 0.162. The quantitative estimate of drug-likeness (QED) is 0.312. The van der Waals surface area contributed by atoms with Crippen molar-refractivity contribution < 1.29 is 9.90 Å². The minimum absolute atomic E-state index is 0.162. The monoisotopic (exact) mass is 340 g/mol. The molecular weight excluding hydrogens is 300 g/mol. The molecule has 4 nitrogen and oxygen atoms in total. The number of unbranched alkanes of at least 4 members (excludes halogenated alkanes) is 6. The lowest BCUT2D eigenvalue weighted by atomic mass is 10.1. The number of nitrogens with one attached hydrogen (secondary N) is 1. The van der Waals surface area contributed by atoms with Gasteiger partial charge in [0.1, 0.15) is 0 Å². The molecule has 0 aliphatic rings. The lowest BCUT2D eigenvalue weighted by Gasteiger charge is -2.20. The number of aliphatic hydroxyl groups excluding tert-OH is 1. The summed E-state index contributed by atoms with van der Waals surface area (Å²) in [5.74, 6) is 0.162. The van der Waals surface area contributed by atoms with Gasteiger partial charge in [0.2, 0.25) is 5.91 Å². The molecule has 0 spiro atoms. The standard InChI is InChI=1S/C20H40N2O2/c1-3-5-6-12-15-20(24)21-16-18-22(4-2)17-13-10-8-7-9-11-14-19-23/h5-6,23H,3-4,7-19H2,1-2H3,(H,21,24)/b6-5+. The number of likely N-dealkylation sites (N-methyl/N-ethyl adjacent to an activating group) is 1. The molecule has 0 aromatic heterocycles. The second-order valence-electron chi connectivity index (χ2n) is 6.40. The topological polar surface area (TPSA) is 52.6 Å². The molecule has 24 heavy (non-hydrogen) atoms. The Bertz CT molecular complexity index is 306. The molecule has 1 amide bonds. The number of hydrogen-bond acceptors (Lipinski definition) is 3. The van der Waals surface area contributed by atoms with Crippen LogP contribution >= 0.6 is 0 Å². The molecule has 142 valence electrons. The molecule has 0 unspecified atom stereocenters. The normalized spacial score (nSPS) is 11.5. The third kappa shape index (κ3) is 16.0. The van der Waals surface area contributed by atoms with Crippen LogP contribution in [0.3, 0.4) is 0 Å². The Labute approximate surface area is 149 Å². The van der Waals surface area contributed by atoms with E-state index in [1.807, 2.05) is 0 Å². The first kappa shape index (κ1) is 23.1. The summed E-state index contributed by atoms with van der Waals surface area (Å²) in [5.41, 5.74) is 0. The largest absolute Gasteiger partial charge is 0.396 e. The van der Waals surface area contributed by atoms with Gasteiger partial charge in [-0.3, -0.25) is 4.79 Å². The van der Waals surface area contributed by atoms with Gasteiger partial charge in [-0.15, -0.1) is 0 Å². The van der Waals surface area contributed by atoms with Gasteiger partial charge in [0, 0.05) is 26.1 Å². The highest BCUT2D eigenvalue weighted by Gasteiger charge is 2.04. The molecule has 0 saturated carbocycles. The third-order valence-electron chi connectivity index (χ3n) is 4.27. The molecule has 2 N–H and O–H groups in total. The van der Waals surface area contributed by atoms with Gasteiger partial charge >= 0.3 is 0 Å². The van der Waals surface area contributed by atoms with Crippen LogP contribution in [0.1, 0.15) is 78.1 Å². The molecule has 0 rings (SSSR count). The minimum Gasteiger partial charge on any atom is -0.396 e. The van der Waals surface area contributed by atoms with Crippen molar-refractivity contribution in [1.29, 1.82) is 0 Å². The maximum atomic E-state index is 11.7. The van der Waals surface area contributed by atoms with Crippen LogP contribution in [-0.2, 0) is 4.79 Å². The van der Waals surface area contributed by atoms with Gasteiger partial charge in [0.15, 0.2) is 0 Å². The van der Waals surface area contributed by atoms with Gasteiger partial charge < -0.3 is 15.3 Å². The molecule has 0 radical (unpaired) electrons. The first-order valence-corrected chi connectivity index (χ1v) is 9.99. The molecule has 0 aromatic rings. The lowest BCUT2D eigenvalue weighted by Crippen LogP contribution is -2.35. The van der Waals surface area contributed by atoms with Crippen LogP contribution in [0.25, 0.3) is 0 Å². The van der Waals surface area contributed by atoms with Gasteiger partial charge in [-0.25, -0.2) is 0 Å². The van der Waals surface area contributed by atoms with Crippen LogP contribution in [0.2, 0.25) is 0 Å². The molecular formula is C20H40N2O2. The van der Waals surface area contributed by atoms with Gasteiger partial charge in [0.25, 0.3) is 0 Å². The van der Waals surface area contributed by atoms with Gasteiger partial charge in [-0.2, -0.15) is 0 Å². The summed E-state index contributed by atoms with van der Waals surface area (Å²) in [5, 5.41) is 11.7. The second-order valence-corrected chi connectivity index (χ2v) is 6.40. The van der Waals surface area contributed by atoms with Crippen molar-refractivity contribution in [2.45, 2.75) is 78.1 Å². The highest BCUT2D eigenvalue weighted by molar-refractivity contribution is 5.75. The van der Waals surface area contributed by atoms with Crippen molar-refractivity contribution in [3.05, 3.63) is 12.2 Å². The summed E-state index contributed by atoms with van der Waals surface area (Å²) >= 11 is 0. The summed E-state index contributed by atoms with van der Waals surface area (Å²) in [6.07, 6.45) is 15.1. The second kappa shape index (κ2) is 18.5. The predicted octanol–water partition coefficient (Wildman–Crippen LogP) is 3.89. The highest BCUT2D eigenvalue weighted by Crippen LogP contribution is 2.07. The zero-order valence-corrected chi connectivity index (χ0v) is 16.1. The molecule has 0 bridgehead atoms. The smallest absolute Gasteiger partial charge is 0.220 e. The van der Waals surface area contributed by atoms with E-state index in [1.165, 1.54) is 32.1 Å². The van der Waals surface area contributed by atoms with E-state index in [1.54, 1.807) is 0 Å². The molecule has 0 aliphatic heterocycles. The first-order chi connectivity index (χ1) is 11.7. The fraction of sp³-hybridized carbons (Fsp3) is 0.850. The van der Waals surface area contributed by atoms with Crippen molar-refractivity contribution in [3.8, 4) is 0 Å². The van der Waals surface area contributed by atoms with Crippen molar-refractivity contribution in [3.63, 3.8) is 0 Å². The number of hydrogen-bond donors (Lipinski definition) is 2. The molecule has 0 aliphatic carbocycles. The Morgan fingerprint density at radius 3 is 2.25 bits per heavy atom. The summed E-state index contributed by atoms with van der Waals surface area (Å²) in [4.78, 5) is 14.1. The summed E-state index contributed by atoms with van der Waals surface area (Å²) in [6, 6.07) is 0. The molecule has 0 atom stereocenters. The average molecular weight is 341 g/mol. The zero-order chi connectivity index (χ0) is 17.9. The van der Waals surface area contributed by atoms with E-state index in [0.717, 1.165) is 51.9 Å². The average Bonchev–Trinajstić information content (AvgIpc) is 2.59. The van der Waals surface area contributed by atoms with E-state index in [9.17, 15) is 4.79 Å². The maximum absolute atomic E-state index is 11.7. The zero-order valence-electron chi connectivity index (χ0n) is 16.1. The van der Waals surface area contributed by atoms with Crippen LogP contribution in [-0.4, -0.2) is 48.7 Å². The number of aliphatic hydroxyl groups is 1. The molecule has 0 heterocycles. The fourth-order valence-electron chi connectivity index (χ4n) is 2.70. The molecule has 0 fully saturated rings. The summed E-state index contributed by atoms with van der Waals surface area (Å²) in [6.45, 7) is 8.50. The SMILES string of the molecule is CC/C=C/CCC(=O)NCCN(CC)CCCCCCCCCO. The number of carbonyl (C=O) groups is 1. The summed E-state index contributed by atoms with van der Waals surface area (Å²) in [7, 11) is 0. The Balaban J connectivity index is 3.52. The van der Waals surface area contributed by atoms with Crippen LogP contribution in [0, 0.1) is 0 Å². The van der Waals surface area contributed by atoms with E-state index in [-0.39, 0.29) is 5.91 Å². The van der Waals surface area contributed by atoms with Crippen molar-refractivity contribution in [2.75, 3.05) is 32.8 Å². The lowest BCUT2D eigenvalue weighted by molar-refractivity contribution is -0.121. The Morgan fingerprint density at radius 1 is 0.958 bits per heavy atom. The van der Waals surface area contributed by atoms with Crippen molar-refractivity contribution in [1.82, 2.24) is 10.2 Å². The van der Waals surface area contributed by atoms with Crippen LogP contribution in [0.15, 0.2) is 12.2 Å². The van der Waals surface area contributed by atoms with Crippen LogP contribution in [0.4, 0.5) is 0 Å². The van der Waals surface area contributed by atoms with Crippen molar-refractivity contribution in [2.24, 2.45) is 0 Å². The molecule has 4 heteroatoms. The molecule has 0 saturated heterocycles. The Hall–Kier alpha value is -0.870. The molecule has 0 aromatic carbocycles. The van der Waals surface area contributed by atoms with E-state index < -0.39 is 0 Å². The van der Waals surface area contributed by atoms with E-state index >= 15 is 0 Å². The van der Waals surface area contributed by atoms with Crippen molar-refractivity contribution >= 4 is 5.91 Å². The number of carbonyl (C=O) groups excluding carboxylic acids is 1. The van der Waals surface area contributed by atoms with Crippen LogP contribution < -0.4 is 5.32 Å². The third-order valence-corrected chi connectivity index (χ3v) is 4.27. The van der Waals surface area contributed by atoms with E-state index in [4.69, 9.17) is 5.11 Å².